The van der Waals surface area contributed by atoms with Gasteiger partial charge in [0.15, 0.2) is 0 Å². The van der Waals surface area contributed by atoms with Crippen LogP contribution < -0.4 is 10.6 Å². The second-order valence-corrected chi connectivity index (χ2v) is 6.11. The first-order valence-electron chi connectivity index (χ1n) is 7.86. The van der Waals surface area contributed by atoms with E-state index in [1.165, 1.54) is 25.6 Å². The number of anilines is 2. The van der Waals surface area contributed by atoms with Crippen LogP contribution in [-0.4, -0.2) is 42.3 Å². The standard InChI is InChI=1S/C17H18N4O5S/c1-4-13-20-21-17(27-13)19-15(23)10-7-5-6-8-11(10)18-12(16(24)26-3)9-14(22)25-2/h5-9,18H,4H2,1-3H3,(H,19,21,23)/b12-9+. The monoisotopic (exact) mass is 390 g/mol. The Morgan fingerprint density at radius 2 is 1.85 bits per heavy atom. The van der Waals surface area contributed by atoms with Crippen LogP contribution in [0.15, 0.2) is 36.0 Å². The van der Waals surface area contributed by atoms with Crippen molar-refractivity contribution in [3.05, 3.63) is 46.6 Å². The second-order valence-electron chi connectivity index (χ2n) is 5.05. The molecule has 0 aliphatic heterocycles. The molecule has 1 aromatic heterocycles. The first kappa shape index (κ1) is 20.0. The molecule has 0 aliphatic rings. The number of ether oxygens (including phenoxy) is 2. The number of hydrogen-bond donors (Lipinski definition) is 2. The van der Waals surface area contributed by atoms with Gasteiger partial charge in [-0.1, -0.05) is 30.4 Å². The molecule has 1 aromatic carbocycles. The smallest absolute Gasteiger partial charge is 0.354 e. The maximum atomic E-state index is 12.6. The lowest BCUT2D eigenvalue weighted by molar-refractivity contribution is -0.138. The Balaban J connectivity index is 2.27. The average molecular weight is 390 g/mol. The lowest BCUT2D eigenvalue weighted by atomic mass is 10.1. The summed E-state index contributed by atoms with van der Waals surface area (Å²) in [7, 11) is 2.36. The molecule has 2 N–H and O–H groups in total. The molecular formula is C17H18N4O5S. The van der Waals surface area contributed by atoms with Crippen molar-refractivity contribution in [2.24, 2.45) is 0 Å². The highest BCUT2D eigenvalue weighted by Gasteiger charge is 2.18. The fourth-order valence-electron chi connectivity index (χ4n) is 1.98. The number of carbonyl (C=O) groups excluding carboxylic acids is 3. The van der Waals surface area contributed by atoms with Crippen LogP contribution in [0.1, 0.15) is 22.3 Å². The molecule has 2 aromatic rings. The summed E-state index contributed by atoms with van der Waals surface area (Å²) < 4.78 is 9.17. The van der Waals surface area contributed by atoms with Crippen molar-refractivity contribution < 1.29 is 23.9 Å². The van der Waals surface area contributed by atoms with Gasteiger partial charge in [0.1, 0.15) is 10.7 Å². The summed E-state index contributed by atoms with van der Waals surface area (Å²) >= 11 is 1.27. The second kappa shape index (κ2) is 9.43. The molecule has 0 spiro atoms. The van der Waals surface area contributed by atoms with Gasteiger partial charge in [-0.2, -0.15) is 0 Å². The number of para-hydroxylation sites is 1. The van der Waals surface area contributed by atoms with Crippen LogP contribution >= 0.6 is 11.3 Å². The molecule has 0 unspecified atom stereocenters. The lowest BCUT2D eigenvalue weighted by Crippen LogP contribution is -2.19. The number of methoxy groups -OCH3 is 2. The van der Waals surface area contributed by atoms with Gasteiger partial charge in [-0.3, -0.25) is 10.1 Å². The highest BCUT2D eigenvalue weighted by molar-refractivity contribution is 7.15. The van der Waals surface area contributed by atoms with Crippen LogP contribution in [0.5, 0.6) is 0 Å². The largest absolute Gasteiger partial charge is 0.466 e. The summed E-state index contributed by atoms with van der Waals surface area (Å²) in [6.07, 6.45) is 1.66. The first-order valence-corrected chi connectivity index (χ1v) is 8.67. The zero-order valence-electron chi connectivity index (χ0n) is 14.9. The quantitative estimate of drug-likeness (QED) is 0.544. The van der Waals surface area contributed by atoms with Gasteiger partial charge >= 0.3 is 11.9 Å². The summed E-state index contributed by atoms with van der Waals surface area (Å²) in [6.45, 7) is 1.94. The van der Waals surface area contributed by atoms with E-state index >= 15 is 0 Å². The van der Waals surface area contributed by atoms with Gasteiger partial charge < -0.3 is 14.8 Å². The number of esters is 2. The number of hydrogen-bond acceptors (Lipinski definition) is 9. The normalized spacial score (nSPS) is 10.9. The summed E-state index contributed by atoms with van der Waals surface area (Å²) in [6, 6.07) is 6.48. The van der Waals surface area contributed by atoms with E-state index in [0.29, 0.717) is 17.2 Å². The molecule has 0 atom stereocenters. The van der Waals surface area contributed by atoms with E-state index < -0.39 is 17.8 Å². The predicted octanol–water partition coefficient (Wildman–Crippen LogP) is 1.99. The van der Waals surface area contributed by atoms with Crippen LogP contribution in [0.3, 0.4) is 0 Å². The molecule has 0 fully saturated rings. The molecule has 0 radical (unpaired) electrons. The highest BCUT2D eigenvalue weighted by atomic mass is 32.1. The Morgan fingerprint density at radius 3 is 2.48 bits per heavy atom. The molecule has 10 heteroatoms. The molecule has 142 valence electrons. The van der Waals surface area contributed by atoms with Crippen LogP contribution in [0.2, 0.25) is 0 Å². The van der Waals surface area contributed by atoms with Crippen molar-refractivity contribution in [3.63, 3.8) is 0 Å². The summed E-state index contributed by atoms with van der Waals surface area (Å²) in [5, 5.41) is 14.4. The third kappa shape index (κ3) is 5.35. The molecule has 1 amide bonds. The number of rotatable bonds is 7. The molecular weight excluding hydrogens is 372 g/mol. The van der Waals surface area contributed by atoms with E-state index in [2.05, 4.69) is 30.3 Å². The van der Waals surface area contributed by atoms with Crippen molar-refractivity contribution in [1.29, 1.82) is 0 Å². The van der Waals surface area contributed by atoms with Gasteiger partial charge in [0.05, 0.1) is 31.5 Å². The lowest BCUT2D eigenvalue weighted by Gasteiger charge is -2.12. The average Bonchev–Trinajstić information content (AvgIpc) is 3.14. The molecule has 27 heavy (non-hydrogen) atoms. The molecule has 0 saturated heterocycles. The Morgan fingerprint density at radius 1 is 1.11 bits per heavy atom. The van der Waals surface area contributed by atoms with Crippen molar-refractivity contribution >= 4 is 40.0 Å². The minimum atomic E-state index is -0.785. The number of carbonyl (C=O) groups is 3. The third-order valence-electron chi connectivity index (χ3n) is 3.30. The third-order valence-corrected chi connectivity index (χ3v) is 4.28. The minimum Gasteiger partial charge on any atom is -0.466 e. The Labute approximate surface area is 159 Å². The van der Waals surface area contributed by atoms with E-state index in [-0.39, 0.29) is 11.3 Å². The molecule has 0 bridgehead atoms. The van der Waals surface area contributed by atoms with Gasteiger partial charge in [0, 0.05) is 0 Å². The number of nitrogens with one attached hydrogen (secondary N) is 2. The van der Waals surface area contributed by atoms with Gasteiger partial charge in [0.25, 0.3) is 5.91 Å². The number of aromatic nitrogens is 2. The van der Waals surface area contributed by atoms with Crippen LogP contribution in [0.25, 0.3) is 0 Å². The Hall–Kier alpha value is -3.27. The minimum absolute atomic E-state index is 0.172. The summed E-state index contributed by atoms with van der Waals surface area (Å²) in [5.74, 6) is -1.97. The van der Waals surface area contributed by atoms with Crippen molar-refractivity contribution in [2.75, 3.05) is 24.9 Å². The van der Waals surface area contributed by atoms with Gasteiger partial charge in [-0.05, 0) is 18.6 Å². The maximum Gasteiger partial charge on any atom is 0.354 e. The van der Waals surface area contributed by atoms with Crippen molar-refractivity contribution in [1.82, 2.24) is 10.2 Å². The van der Waals surface area contributed by atoms with Crippen LogP contribution in [-0.2, 0) is 25.5 Å². The molecule has 0 saturated carbocycles. The Kier molecular flexibility index (Phi) is 7.00. The number of benzene rings is 1. The van der Waals surface area contributed by atoms with Crippen LogP contribution in [0.4, 0.5) is 10.8 Å². The molecule has 2 rings (SSSR count). The zero-order valence-corrected chi connectivity index (χ0v) is 15.8. The SMILES string of the molecule is CCc1nnc(NC(=O)c2ccccc2N/C(=C/C(=O)OC)C(=O)OC)s1. The van der Waals surface area contributed by atoms with E-state index in [1.54, 1.807) is 24.3 Å². The Bertz CT molecular complexity index is 878. The van der Waals surface area contributed by atoms with Crippen LogP contribution in [0, 0.1) is 0 Å². The fraction of sp³-hybridized carbons (Fsp3) is 0.235. The topological polar surface area (TPSA) is 120 Å². The summed E-state index contributed by atoms with van der Waals surface area (Å²) in [4.78, 5) is 36.0. The zero-order chi connectivity index (χ0) is 19.8. The van der Waals surface area contributed by atoms with Gasteiger partial charge in [-0.25, -0.2) is 9.59 Å². The number of aryl methyl sites for hydroxylation is 1. The van der Waals surface area contributed by atoms with E-state index in [0.717, 1.165) is 11.1 Å². The molecule has 0 aliphatic carbocycles. The van der Waals surface area contributed by atoms with E-state index in [4.69, 9.17) is 0 Å². The highest BCUT2D eigenvalue weighted by Crippen LogP contribution is 2.21. The maximum absolute atomic E-state index is 12.6. The fourth-order valence-corrected chi connectivity index (χ4v) is 2.65. The first-order chi connectivity index (χ1) is 13.0. The van der Waals surface area contributed by atoms with Crippen molar-refractivity contribution in [3.8, 4) is 0 Å². The molecule has 9 nitrogen and oxygen atoms in total. The number of amides is 1. The van der Waals surface area contributed by atoms with Gasteiger partial charge in [0.2, 0.25) is 5.13 Å². The van der Waals surface area contributed by atoms with E-state index in [1.807, 2.05) is 6.92 Å². The molecule has 1 heterocycles. The van der Waals surface area contributed by atoms with E-state index in [9.17, 15) is 14.4 Å². The van der Waals surface area contributed by atoms with Gasteiger partial charge in [-0.15, -0.1) is 10.2 Å². The summed E-state index contributed by atoms with van der Waals surface area (Å²) in [5.41, 5.74) is 0.370. The predicted molar refractivity (Wildman–Crippen MR) is 99.4 cm³/mol. The van der Waals surface area contributed by atoms with Crippen molar-refractivity contribution in [2.45, 2.75) is 13.3 Å². The number of nitrogens with zero attached hydrogens (tertiary/aromatic N) is 2.